The van der Waals surface area contributed by atoms with Crippen LogP contribution in [0, 0.1) is 5.92 Å². The van der Waals surface area contributed by atoms with Gasteiger partial charge in [0.05, 0.1) is 0 Å². The summed E-state index contributed by atoms with van der Waals surface area (Å²) in [5.41, 5.74) is 0. The van der Waals surface area contributed by atoms with Crippen molar-refractivity contribution >= 4 is 5.91 Å². The van der Waals surface area contributed by atoms with E-state index in [9.17, 15) is 4.79 Å². The Morgan fingerprint density at radius 3 is 2.78 bits per heavy atom. The average Bonchev–Trinajstić information content (AvgIpc) is 2.47. The highest BCUT2D eigenvalue weighted by Gasteiger charge is 2.32. The molecule has 0 aromatic heterocycles. The molecule has 0 bridgehead atoms. The molecule has 1 amide bonds. The molecule has 0 aliphatic heterocycles. The van der Waals surface area contributed by atoms with Gasteiger partial charge in [0.2, 0.25) is 5.91 Å². The Balaban J connectivity index is 2.19. The van der Waals surface area contributed by atoms with Crippen molar-refractivity contribution in [3.63, 3.8) is 0 Å². The van der Waals surface area contributed by atoms with E-state index in [1.807, 2.05) is 0 Å². The van der Waals surface area contributed by atoms with Crippen molar-refractivity contribution < 1.29 is 4.79 Å². The van der Waals surface area contributed by atoms with Crippen LogP contribution in [0.2, 0.25) is 0 Å². The van der Waals surface area contributed by atoms with Gasteiger partial charge >= 0.3 is 0 Å². The van der Waals surface area contributed by atoms with E-state index >= 15 is 0 Å². The van der Waals surface area contributed by atoms with Gasteiger partial charge in [-0.1, -0.05) is 13.5 Å². The molecule has 1 aliphatic carbocycles. The maximum absolute atomic E-state index is 10.6. The maximum Gasteiger partial charge on any atom is 0.243 e. The van der Waals surface area contributed by atoms with Crippen LogP contribution < -0.4 is 5.32 Å². The fourth-order valence-corrected chi connectivity index (χ4v) is 0.765. The van der Waals surface area contributed by atoms with Crippen LogP contribution in [0.3, 0.4) is 0 Å². The Kier molecular flexibility index (Phi) is 1.56. The Morgan fingerprint density at radius 2 is 2.44 bits per heavy atom. The minimum Gasteiger partial charge on any atom is -0.350 e. The lowest BCUT2D eigenvalue weighted by Gasteiger charge is -1.95. The summed E-state index contributed by atoms with van der Waals surface area (Å²) in [7, 11) is 0. The first-order chi connectivity index (χ1) is 4.24. The molecule has 50 valence electrons. The van der Waals surface area contributed by atoms with Crippen LogP contribution in [-0.4, -0.2) is 11.9 Å². The summed E-state index contributed by atoms with van der Waals surface area (Å²) >= 11 is 0. The number of amides is 1. The highest BCUT2D eigenvalue weighted by Crippen LogP contribution is 2.28. The van der Waals surface area contributed by atoms with Crippen LogP contribution in [0.15, 0.2) is 12.7 Å². The van der Waals surface area contributed by atoms with Crippen molar-refractivity contribution in [1.82, 2.24) is 5.32 Å². The third-order valence-electron chi connectivity index (χ3n) is 1.62. The monoisotopic (exact) mass is 125 g/mol. The maximum atomic E-state index is 10.6. The Labute approximate surface area is 54.9 Å². The second kappa shape index (κ2) is 2.21. The molecule has 0 radical (unpaired) electrons. The van der Waals surface area contributed by atoms with Gasteiger partial charge in [-0.3, -0.25) is 4.79 Å². The normalized spacial score (nSPS) is 31.2. The van der Waals surface area contributed by atoms with Gasteiger partial charge < -0.3 is 5.32 Å². The van der Waals surface area contributed by atoms with Crippen molar-refractivity contribution in [3.8, 4) is 0 Å². The van der Waals surface area contributed by atoms with Gasteiger partial charge in [-0.15, -0.1) is 0 Å². The van der Waals surface area contributed by atoms with Crippen molar-refractivity contribution in [1.29, 1.82) is 0 Å². The van der Waals surface area contributed by atoms with Gasteiger partial charge in [0.25, 0.3) is 0 Å². The summed E-state index contributed by atoms with van der Waals surface area (Å²) in [6, 6.07) is 0.426. The summed E-state index contributed by atoms with van der Waals surface area (Å²) in [4.78, 5) is 10.6. The molecule has 0 aromatic rings. The lowest BCUT2D eigenvalue weighted by molar-refractivity contribution is -0.116. The summed E-state index contributed by atoms with van der Waals surface area (Å²) in [6.07, 6.45) is 2.44. The number of carbonyl (C=O) groups excluding carboxylic acids is 1. The average molecular weight is 125 g/mol. The zero-order valence-corrected chi connectivity index (χ0v) is 5.55. The molecule has 0 spiro atoms. The van der Waals surface area contributed by atoms with Gasteiger partial charge in [0.15, 0.2) is 0 Å². The van der Waals surface area contributed by atoms with E-state index in [-0.39, 0.29) is 5.91 Å². The fourth-order valence-electron chi connectivity index (χ4n) is 0.765. The number of carbonyl (C=O) groups is 1. The molecule has 1 saturated carbocycles. The lowest BCUT2D eigenvalue weighted by atomic mass is 10.4. The van der Waals surface area contributed by atoms with E-state index in [1.165, 1.54) is 6.08 Å². The van der Waals surface area contributed by atoms with E-state index in [4.69, 9.17) is 0 Å². The SMILES string of the molecule is C=CC(=O)NC1CC1C. The largest absolute Gasteiger partial charge is 0.350 e. The Hall–Kier alpha value is -0.790. The summed E-state index contributed by atoms with van der Waals surface area (Å²) in [5.74, 6) is 0.623. The van der Waals surface area contributed by atoms with Crippen LogP contribution in [0.1, 0.15) is 13.3 Å². The van der Waals surface area contributed by atoms with Crippen molar-refractivity contribution in [2.45, 2.75) is 19.4 Å². The zero-order chi connectivity index (χ0) is 6.85. The summed E-state index contributed by atoms with van der Waals surface area (Å²) in [5, 5.41) is 2.80. The van der Waals surface area contributed by atoms with Gasteiger partial charge in [0.1, 0.15) is 0 Å². The second-order valence-corrected chi connectivity index (χ2v) is 2.53. The van der Waals surface area contributed by atoms with E-state index in [1.54, 1.807) is 0 Å². The predicted octanol–water partition coefficient (Wildman–Crippen LogP) is 0.697. The third kappa shape index (κ3) is 1.56. The van der Waals surface area contributed by atoms with E-state index in [0.717, 1.165) is 6.42 Å². The van der Waals surface area contributed by atoms with E-state index < -0.39 is 0 Å². The Morgan fingerprint density at radius 1 is 1.89 bits per heavy atom. The second-order valence-electron chi connectivity index (χ2n) is 2.53. The lowest BCUT2D eigenvalue weighted by Crippen LogP contribution is -2.23. The van der Waals surface area contributed by atoms with Crippen LogP contribution in [0.4, 0.5) is 0 Å². The number of hydrogen-bond donors (Lipinski definition) is 1. The predicted molar refractivity (Wildman–Crippen MR) is 35.9 cm³/mol. The summed E-state index contributed by atoms with van der Waals surface area (Å²) in [6.45, 7) is 5.47. The van der Waals surface area contributed by atoms with Crippen LogP contribution in [0.25, 0.3) is 0 Å². The van der Waals surface area contributed by atoms with Crippen LogP contribution in [-0.2, 0) is 4.79 Å². The number of nitrogens with one attached hydrogen (secondary N) is 1. The highest BCUT2D eigenvalue weighted by atomic mass is 16.1. The molecule has 0 heterocycles. The molecule has 2 heteroatoms. The third-order valence-corrected chi connectivity index (χ3v) is 1.62. The molecule has 1 rings (SSSR count). The van der Waals surface area contributed by atoms with Gasteiger partial charge in [0, 0.05) is 6.04 Å². The molecule has 9 heavy (non-hydrogen) atoms. The number of hydrogen-bond acceptors (Lipinski definition) is 1. The first kappa shape index (κ1) is 6.33. The number of rotatable bonds is 2. The van der Waals surface area contributed by atoms with Crippen LogP contribution >= 0.6 is 0 Å². The molecule has 2 unspecified atom stereocenters. The molecule has 0 aromatic carbocycles. The zero-order valence-electron chi connectivity index (χ0n) is 5.55. The van der Waals surface area contributed by atoms with Crippen molar-refractivity contribution in [2.24, 2.45) is 5.92 Å². The first-order valence-electron chi connectivity index (χ1n) is 3.17. The Bertz CT molecular complexity index is 142. The molecular weight excluding hydrogens is 114 g/mol. The molecule has 1 N–H and O–H groups in total. The fraction of sp³-hybridized carbons (Fsp3) is 0.571. The minimum absolute atomic E-state index is 0.0515. The van der Waals surface area contributed by atoms with E-state index in [2.05, 4.69) is 18.8 Å². The van der Waals surface area contributed by atoms with E-state index in [0.29, 0.717) is 12.0 Å². The molecule has 0 saturated heterocycles. The van der Waals surface area contributed by atoms with Crippen LogP contribution in [0.5, 0.6) is 0 Å². The highest BCUT2D eigenvalue weighted by molar-refractivity contribution is 5.87. The smallest absolute Gasteiger partial charge is 0.243 e. The molecule has 1 aliphatic rings. The first-order valence-corrected chi connectivity index (χ1v) is 3.17. The standard InChI is InChI=1S/C7H11NO/c1-3-7(9)8-6-4-5(6)2/h3,5-6H,1,4H2,2H3,(H,8,9). The van der Waals surface area contributed by atoms with Crippen molar-refractivity contribution in [3.05, 3.63) is 12.7 Å². The van der Waals surface area contributed by atoms with Gasteiger partial charge in [-0.2, -0.15) is 0 Å². The topological polar surface area (TPSA) is 29.1 Å². The molecule has 2 nitrogen and oxygen atoms in total. The minimum atomic E-state index is -0.0515. The van der Waals surface area contributed by atoms with Gasteiger partial charge in [-0.25, -0.2) is 0 Å². The van der Waals surface area contributed by atoms with Crippen molar-refractivity contribution in [2.75, 3.05) is 0 Å². The quantitative estimate of drug-likeness (QED) is 0.541. The molecular formula is C7H11NO. The summed E-state index contributed by atoms with van der Waals surface area (Å²) < 4.78 is 0. The van der Waals surface area contributed by atoms with Gasteiger partial charge in [-0.05, 0) is 18.4 Å². The molecule has 2 atom stereocenters. The molecule has 1 fully saturated rings.